The molecule has 1 saturated heterocycles. The zero-order valence-electron chi connectivity index (χ0n) is 14.7. The van der Waals surface area contributed by atoms with Crippen molar-refractivity contribution in [2.45, 2.75) is 52.0 Å². The molecule has 0 N–H and O–H groups in total. The van der Waals surface area contributed by atoms with Gasteiger partial charge in [0.05, 0.1) is 11.6 Å². The summed E-state index contributed by atoms with van der Waals surface area (Å²) in [5.41, 5.74) is 0. The smallest absolute Gasteiger partial charge is 0.226 e. The Labute approximate surface area is 148 Å². The maximum atomic E-state index is 13.0. The fraction of sp³-hybridized carbons (Fsp3) is 0.722. The molecule has 0 bridgehead atoms. The molecule has 24 heavy (non-hydrogen) atoms. The minimum atomic E-state index is -0.147. The predicted molar refractivity (Wildman–Crippen MR) is 94.6 cm³/mol. The Kier molecular flexibility index (Phi) is 5.54. The molecule has 2 aliphatic rings. The van der Waals surface area contributed by atoms with Gasteiger partial charge in [0, 0.05) is 43.0 Å². The first-order valence-corrected chi connectivity index (χ1v) is 9.83. The Bertz CT molecular complexity index is 595. The van der Waals surface area contributed by atoms with Crippen molar-refractivity contribution < 1.29 is 9.59 Å². The second-order valence-corrected chi connectivity index (χ2v) is 8.39. The van der Waals surface area contributed by atoms with Crippen LogP contribution in [0, 0.1) is 18.8 Å². The van der Waals surface area contributed by atoms with Crippen LogP contribution in [0.4, 0.5) is 0 Å². The molecular formula is C18H27N3O2S. The maximum absolute atomic E-state index is 13.0. The van der Waals surface area contributed by atoms with Crippen molar-refractivity contribution >= 4 is 23.2 Å². The third-order valence-electron chi connectivity index (χ3n) is 5.26. The highest BCUT2D eigenvalue weighted by molar-refractivity contribution is 7.11. The first kappa shape index (κ1) is 17.4. The van der Waals surface area contributed by atoms with E-state index in [1.807, 2.05) is 25.1 Å². The number of aryl methyl sites for hydroxylation is 1. The van der Waals surface area contributed by atoms with Gasteiger partial charge in [0.1, 0.15) is 0 Å². The number of thiazole rings is 1. The van der Waals surface area contributed by atoms with E-state index in [0.717, 1.165) is 61.5 Å². The van der Waals surface area contributed by atoms with Crippen molar-refractivity contribution in [2.24, 2.45) is 11.8 Å². The van der Waals surface area contributed by atoms with Gasteiger partial charge in [0.25, 0.3) is 0 Å². The number of likely N-dealkylation sites (tertiary alicyclic amines) is 1. The van der Waals surface area contributed by atoms with E-state index in [1.165, 1.54) is 0 Å². The molecule has 2 amide bonds. The molecular weight excluding hydrogens is 322 g/mol. The van der Waals surface area contributed by atoms with Crippen LogP contribution in [0.5, 0.6) is 0 Å². The number of hydrogen-bond donors (Lipinski definition) is 0. The molecule has 2 atom stereocenters. The molecule has 1 aromatic rings. The van der Waals surface area contributed by atoms with Gasteiger partial charge in [-0.25, -0.2) is 4.98 Å². The van der Waals surface area contributed by atoms with Crippen LogP contribution < -0.4 is 0 Å². The van der Waals surface area contributed by atoms with Gasteiger partial charge in [0.15, 0.2) is 0 Å². The predicted octanol–water partition coefficient (Wildman–Crippen LogP) is 2.84. The van der Waals surface area contributed by atoms with E-state index in [9.17, 15) is 9.59 Å². The van der Waals surface area contributed by atoms with Crippen LogP contribution >= 0.6 is 11.3 Å². The second-order valence-electron chi connectivity index (χ2n) is 7.07. The average molecular weight is 350 g/mol. The zero-order valence-corrected chi connectivity index (χ0v) is 15.5. The van der Waals surface area contributed by atoms with Crippen molar-refractivity contribution in [1.82, 2.24) is 14.8 Å². The number of nitrogens with zero attached hydrogens (tertiary/aromatic N) is 3. The molecule has 0 unspecified atom stereocenters. The van der Waals surface area contributed by atoms with E-state index in [0.29, 0.717) is 6.54 Å². The molecule has 132 valence electrons. The molecule has 1 aromatic heterocycles. The molecule has 2 heterocycles. The summed E-state index contributed by atoms with van der Waals surface area (Å²) in [5.74, 6) is 0.0757. The summed E-state index contributed by atoms with van der Waals surface area (Å²) in [6, 6.07) is 0. The Morgan fingerprint density at radius 2 is 1.88 bits per heavy atom. The van der Waals surface area contributed by atoms with Crippen LogP contribution in [0.3, 0.4) is 0 Å². The monoisotopic (exact) mass is 349 g/mol. The molecule has 0 radical (unpaired) electrons. The van der Waals surface area contributed by atoms with Gasteiger partial charge in [0.2, 0.25) is 11.8 Å². The molecule has 0 aromatic carbocycles. The van der Waals surface area contributed by atoms with Gasteiger partial charge >= 0.3 is 0 Å². The third-order valence-corrected chi connectivity index (χ3v) is 6.15. The summed E-state index contributed by atoms with van der Waals surface area (Å²) in [5, 5.41) is 1.02. The van der Waals surface area contributed by atoms with E-state index in [1.54, 1.807) is 16.2 Å². The van der Waals surface area contributed by atoms with Gasteiger partial charge < -0.3 is 9.80 Å². The zero-order chi connectivity index (χ0) is 17.1. The molecule has 0 spiro atoms. The fourth-order valence-corrected chi connectivity index (χ4v) is 4.82. The molecule has 1 aliphatic heterocycles. The molecule has 3 rings (SSSR count). The number of rotatable bonds is 4. The average Bonchev–Trinajstić information content (AvgIpc) is 3.25. The molecule has 5 nitrogen and oxygen atoms in total. The van der Waals surface area contributed by atoms with E-state index in [2.05, 4.69) is 4.98 Å². The van der Waals surface area contributed by atoms with Crippen LogP contribution in [0.1, 0.15) is 48.4 Å². The van der Waals surface area contributed by atoms with E-state index in [-0.39, 0.29) is 23.7 Å². The lowest BCUT2D eigenvalue weighted by atomic mass is 9.77. The van der Waals surface area contributed by atoms with Gasteiger partial charge in [-0.1, -0.05) is 12.8 Å². The number of hydrogen-bond acceptors (Lipinski definition) is 4. The van der Waals surface area contributed by atoms with Gasteiger partial charge in [-0.2, -0.15) is 0 Å². The highest BCUT2D eigenvalue weighted by Crippen LogP contribution is 2.34. The van der Waals surface area contributed by atoms with Gasteiger partial charge in [-0.3, -0.25) is 9.59 Å². The Morgan fingerprint density at radius 1 is 1.21 bits per heavy atom. The molecule has 2 fully saturated rings. The summed E-state index contributed by atoms with van der Waals surface area (Å²) in [7, 11) is 1.85. The van der Waals surface area contributed by atoms with Crippen LogP contribution in [-0.4, -0.2) is 46.7 Å². The van der Waals surface area contributed by atoms with Crippen molar-refractivity contribution in [1.29, 1.82) is 0 Å². The number of aromatic nitrogens is 1. The molecule has 1 saturated carbocycles. The van der Waals surface area contributed by atoms with Crippen LogP contribution in [-0.2, 0) is 16.1 Å². The largest absolute Gasteiger partial charge is 0.342 e. The molecule has 6 heteroatoms. The summed E-state index contributed by atoms with van der Waals surface area (Å²) < 4.78 is 0. The normalized spacial score (nSPS) is 24.2. The van der Waals surface area contributed by atoms with Crippen LogP contribution in [0.15, 0.2) is 6.20 Å². The Balaban J connectivity index is 1.67. The lowest BCUT2D eigenvalue weighted by Gasteiger charge is -2.34. The van der Waals surface area contributed by atoms with Crippen molar-refractivity contribution in [3.63, 3.8) is 0 Å². The summed E-state index contributed by atoms with van der Waals surface area (Å²) >= 11 is 1.63. The van der Waals surface area contributed by atoms with Crippen molar-refractivity contribution in [2.75, 3.05) is 20.1 Å². The number of carbonyl (C=O) groups excluding carboxylic acids is 2. The van der Waals surface area contributed by atoms with E-state index in [4.69, 9.17) is 0 Å². The Hall–Kier alpha value is -1.43. The standard InChI is InChI=1S/C18H27N3O2S/c1-13-19-11-14(24-13)12-20(2)17(22)15-7-3-4-8-16(15)18(23)21-9-5-6-10-21/h11,15-16H,3-10,12H2,1-2H3/t15-,16-/m1/s1. The molecule has 1 aliphatic carbocycles. The highest BCUT2D eigenvalue weighted by Gasteiger charge is 2.39. The summed E-state index contributed by atoms with van der Waals surface area (Å²) in [6.45, 7) is 4.30. The second kappa shape index (κ2) is 7.64. The highest BCUT2D eigenvalue weighted by atomic mass is 32.1. The maximum Gasteiger partial charge on any atom is 0.226 e. The van der Waals surface area contributed by atoms with E-state index < -0.39 is 0 Å². The first-order chi connectivity index (χ1) is 11.6. The van der Waals surface area contributed by atoms with Gasteiger partial charge in [-0.15, -0.1) is 11.3 Å². The van der Waals surface area contributed by atoms with Crippen molar-refractivity contribution in [3.8, 4) is 0 Å². The lowest BCUT2D eigenvalue weighted by molar-refractivity contribution is -0.147. The first-order valence-electron chi connectivity index (χ1n) is 9.01. The van der Waals surface area contributed by atoms with Crippen LogP contribution in [0.2, 0.25) is 0 Å². The SMILES string of the molecule is Cc1ncc(CN(C)C(=O)[C@@H]2CCCC[C@H]2C(=O)N2CCCC2)s1. The number of carbonyl (C=O) groups is 2. The Morgan fingerprint density at radius 3 is 2.50 bits per heavy atom. The summed E-state index contributed by atoms with van der Waals surface area (Å²) in [6.07, 6.45) is 7.86. The van der Waals surface area contributed by atoms with Gasteiger partial charge in [-0.05, 0) is 32.6 Å². The minimum Gasteiger partial charge on any atom is -0.342 e. The van der Waals surface area contributed by atoms with E-state index >= 15 is 0 Å². The minimum absolute atomic E-state index is 0.116. The van der Waals surface area contributed by atoms with Crippen molar-refractivity contribution in [3.05, 3.63) is 16.1 Å². The fourth-order valence-electron chi connectivity index (χ4n) is 3.97. The number of amides is 2. The summed E-state index contributed by atoms with van der Waals surface area (Å²) in [4.78, 5) is 34.9. The topological polar surface area (TPSA) is 53.5 Å². The quantitative estimate of drug-likeness (QED) is 0.840. The lowest BCUT2D eigenvalue weighted by Crippen LogP contribution is -2.45. The van der Waals surface area contributed by atoms with Crippen LogP contribution in [0.25, 0.3) is 0 Å². The third kappa shape index (κ3) is 3.79.